The number of carbonyl (C=O) groups is 1. The summed E-state index contributed by atoms with van der Waals surface area (Å²) in [6.45, 7) is 4.51. The number of carbonyl (C=O) groups excluding carboxylic acids is 1. The van der Waals surface area contributed by atoms with E-state index in [-0.39, 0.29) is 5.56 Å². The predicted molar refractivity (Wildman–Crippen MR) is 122 cm³/mol. The van der Waals surface area contributed by atoms with Gasteiger partial charge in [-0.3, -0.25) is 9.36 Å². The van der Waals surface area contributed by atoms with Gasteiger partial charge in [0.25, 0.3) is 5.56 Å². The van der Waals surface area contributed by atoms with Crippen LogP contribution < -0.4 is 19.6 Å². The third kappa shape index (κ3) is 4.13. The largest absolute Gasteiger partial charge is 0.494 e. The van der Waals surface area contributed by atoms with Crippen molar-refractivity contribution in [2.45, 2.75) is 26.3 Å². The molecule has 0 bridgehead atoms. The average molecular weight is 455 g/mol. The van der Waals surface area contributed by atoms with Crippen molar-refractivity contribution in [2.24, 2.45) is 4.99 Å². The first kappa shape index (κ1) is 21.3. The number of nitrogens with zero attached hydrogens (tertiary/aromatic N) is 2. The van der Waals surface area contributed by atoms with E-state index in [0.717, 1.165) is 22.6 Å². The third-order valence-electron chi connectivity index (χ3n) is 4.89. The van der Waals surface area contributed by atoms with E-state index < -0.39 is 12.0 Å². The minimum Gasteiger partial charge on any atom is -0.494 e. The summed E-state index contributed by atoms with van der Waals surface area (Å²) in [6, 6.07) is 10.9. The van der Waals surface area contributed by atoms with Crippen molar-refractivity contribution >= 4 is 34.7 Å². The summed E-state index contributed by atoms with van der Waals surface area (Å²) >= 11 is 2.81. The van der Waals surface area contributed by atoms with Gasteiger partial charge in [-0.25, -0.2) is 9.79 Å². The lowest BCUT2D eigenvalue weighted by atomic mass is 10.0. The van der Waals surface area contributed by atoms with Gasteiger partial charge in [-0.15, -0.1) is 11.3 Å². The lowest BCUT2D eigenvalue weighted by Gasteiger charge is -2.22. The molecule has 3 heterocycles. The first-order valence-corrected chi connectivity index (χ1v) is 11.6. The number of hydrogen-bond donors (Lipinski definition) is 0. The Morgan fingerprint density at radius 1 is 1.26 bits per heavy atom. The third-order valence-corrected chi connectivity index (χ3v) is 6.80. The molecule has 0 N–H and O–H groups in total. The number of methoxy groups -OCH3 is 1. The Bertz CT molecular complexity index is 1300. The summed E-state index contributed by atoms with van der Waals surface area (Å²) in [7, 11) is 1.34. The second kappa shape index (κ2) is 9.03. The molecule has 2 aromatic heterocycles. The number of thiophene rings is 1. The molecule has 160 valence electrons. The van der Waals surface area contributed by atoms with E-state index in [1.54, 1.807) is 11.5 Å². The summed E-state index contributed by atoms with van der Waals surface area (Å²) in [6.07, 6.45) is 2.79. The van der Waals surface area contributed by atoms with Gasteiger partial charge in [-0.2, -0.15) is 0 Å². The number of esters is 1. The van der Waals surface area contributed by atoms with Crippen molar-refractivity contribution in [1.29, 1.82) is 0 Å². The highest BCUT2D eigenvalue weighted by Crippen LogP contribution is 2.32. The van der Waals surface area contributed by atoms with Crippen LogP contribution in [0.4, 0.5) is 0 Å². The molecule has 3 aromatic rings. The molecule has 1 atom stereocenters. The van der Waals surface area contributed by atoms with Crippen LogP contribution in [-0.4, -0.2) is 24.3 Å². The lowest BCUT2D eigenvalue weighted by molar-refractivity contribution is -0.136. The standard InChI is InChI=1S/C23H22N2O4S2/c1-4-11-29-16-9-7-15(8-10-16)13-18-21(26)25-20(17-6-5-12-30-17)19(22(27)28-3)14(2)24-23(25)31-18/h5-10,12-13,20H,4,11H2,1-3H3/b18-13+. The minimum absolute atomic E-state index is 0.178. The molecule has 1 aromatic carbocycles. The molecule has 6 nitrogen and oxygen atoms in total. The predicted octanol–water partition coefficient (Wildman–Crippen LogP) is 3.26. The Hall–Kier alpha value is -2.97. The summed E-state index contributed by atoms with van der Waals surface area (Å²) < 4.78 is 12.8. The number of thiazole rings is 1. The number of allylic oxidation sites excluding steroid dienone is 1. The van der Waals surface area contributed by atoms with Crippen molar-refractivity contribution in [3.63, 3.8) is 0 Å². The highest BCUT2D eigenvalue weighted by molar-refractivity contribution is 7.10. The fourth-order valence-corrected chi connectivity index (χ4v) is 5.31. The normalized spacial score (nSPS) is 16.1. The van der Waals surface area contributed by atoms with Crippen molar-refractivity contribution in [2.75, 3.05) is 13.7 Å². The summed E-state index contributed by atoms with van der Waals surface area (Å²) in [4.78, 5) is 31.9. The van der Waals surface area contributed by atoms with E-state index in [1.807, 2.05) is 47.9 Å². The van der Waals surface area contributed by atoms with Gasteiger partial charge in [0.05, 0.1) is 29.5 Å². The molecule has 0 spiro atoms. The van der Waals surface area contributed by atoms with Crippen molar-refractivity contribution in [3.8, 4) is 5.75 Å². The zero-order valence-electron chi connectivity index (χ0n) is 17.5. The summed E-state index contributed by atoms with van der Waals surface area (Å²) in [5.41, 5.74) is 1.67. The SMILES string of the molecule is CCCOc1ccc(/C=c2/sc3n(c2=O)C(c2cccs2)C(C(=O)OC)=C(C)N=3)cc1. The van der Waals surface area contributed by atoms with Crippen molar-refractivity contribution in [3.05, 3.63) is 83.2 Å². The lowest BCUT2D eigenvalue weighted by Crippen LogP contribution is -2.39. The molecular formula is C23H22N2O4S2. The van der Waals surface area contributed by atoms with Crippen molar-refractivity contribution in [1.82, 2.24) is 4.57 Å². The molecule has 8 heteroatoms. The Balaban J connectivity index is 1.82. The maximum Gasteiger partial charge on any atom is 0.338 e. The zero-order valence-corrected chi connectivity index (χ0v) is 19.1. The maximum absolute atomic E-state index is 13.4. The first-order chi connectivity index (χ1) is 15.0. The highest BCUT2D eigenvalue weighted by atomic mass is 32.1. The molecule has 0 radical (unpaired) electrons. The van der Waals surface area contributed by atoms with Crippen LogP contribution >= 0.6 is 22.7 Å². The van der Waals surface area contributed by atoms with Gasteiger partial charge in [0, 0.05) is 4.88 Å². The molecule has 1 aliphatic rings. The van der Waals surface area contributed by atoms with Gasteiger partial charge in [-0.05, 0) is 48.6 Å². The fraction of sp³-hybridized carbons (Fsp3) is 0.261. The second-order valence-corrected chi connectivity index (χ2v) is 8.99. The van der Waals surface area contributed by atoms with Gasteiger partial charge >= 0.3 is 5.97 Å². The summed E-state index contributed by atoms with van der Waals surface area (Å²) in [5.74, 6) is 0.327. The average Bonchev–Trinajstić information content (AvgIpc) is 3.41. The molecular weight excluding hydrogens is 432 g/mol. The van der Waals surface area contributed by atoms with Crippen LogP contribution in [0.25, 0.3) is 6.08 Å². The van der Waals surface area contributed by atoms with Gasteiger partial charge in [-0.1, -0.05) is 36.5 Å². The van der Waals surface area contributed by atoms with E-state index in [9.17, 15) is 9.59 Å². The van der Waals surface area contributed by atoms with Crippen LogP contribution in [0.5, 0.6) is 5.75 Å². The summed E-state index contributed by atoms with van der Waals surface area (Å²) in [5, 5.41) is 1.93. The smallest absolute Gasteiger partial charge is 0.338 e. The second-order valence-electron chi connectivity index (χ2n) is 7.01. The van der Waals surface area contributed by atoms with Crippen molar-refractivity contribution < 1.29 is 14.3 Å². The highest BCUT2D eigenvalue weighted by Gasteiger charge is 2.33. The van der Waals surface area contributed by atoms with Crippen LogP contribution in [-0.2, 0) is 9.53 Å². The Morgan fingerprint density at radius 2 is 2.03 bits per heavy atom. The first-order valence-electron chi connectivity index (χ1n) is 9.90. The number of hydrogen-bond acceptors (Lipinski definition) is 7. The molecule has 31 heavy (non-hydrogen) atoms. The number of aromatic nitrogens is 1. The van der Waals surface area contributed by atoms with E-state index in [0.29, 0.717) is 27.2 Å². The van der Waals surface area contributed by atoms with Crippen LogP contribution in [0.2, 0.25) is 0 Å². The van der Waals surface area contributed by atoms with Gasteiger partial charge < -0.3 is 9.47 Å². The number of rotatable bonds is 6. The zero-order chi connectivity index (χ0) is 22.0. The number of fused-ring (bicyclic) bond motifs is 1. The Morgan fingerprint density at radius 3 is 2.68 bits per heavy atom. The monoisotopic (exact) mass is 454 g/mol. The molecule has 1 unspecified atom stereocenters. The van der Waals surface area contributed by atoms with E-state index in [4.69, 9.17) is 9.47 Å². The van der Waals surface area contributed by atoms with E-state index in [2.05, 4.69) is 11.9 Å². The minimum atomic E-state index is -0.546. The molecule has 4 rings (SSSR count). The van der Waals surface area contributed by atoms with Gasteiger partial charge in [0.1, 0.15) is 11.8 Å². The molecule has 0 aliphatic carbocycles. The number of ether oxygens (including phenoxy) is 2. The topological polar surface area (TPSA) is 69.9 Å². The van der Waals surface area contributed by atoms with Gasteiger partial charge in [0.2, 0.25) is 0 Å². The molecule has 0 saturated carbocycles. The quantitative estimate of drug-likeness (QED) is 0.536. The van der Waals surface area contributed by atoms with E-state index in [1.165, 1.54) is 29.8 Å². The van der Waals surface area contributed by atoms with Crippen LogP contribution in [0.3, 0.4) is 0 Å². The molecule has 0 amide bonds. The Labute approximate surface area is 187 Å². The fourth-order valence-electron chi connectivity index (χ4n) is 3.44. The Kier molecular flexibility index (Phi) is 6.20. The van der Waals surface area contributed by atoms with Crippen LogP contribution in [0.15, 0.2) is 62.8 Å². The van der Waals surface area contributed by atoms with Gasteiger partial charge in [0.15, 0.2) is 4.80 Å². The number of benzene rings is 1. The molecule has 1 aliphatic heterocycles. The van der Waals surface area contributed by atoms with E-state index >= 15 is 0 Å². The molecule has 0 fully saturated rings. The maximum atomic E-state index is 13.4. The van der Waals surface area contributed by atoms with Crippen LogP contribution in [0, 0.1) is 0 Å². The van der Waals surface area contributed by atoms with Crippen LogP contribution in [0.1, 0.15) is 36.8 Å². The molecule has 0 saturated heterocycles.